The number of hydrogen-bond donors (Lipinski definition) is 1. The average Bonchev–Trinajstić information content (AvgIpc) is 4.02. The van der Waals surface area contributed by atoms with Crippen LogP contribution in [0.5, 0.6) is 11.6 Å². The molecule has 4 aliphatic rings. The second-order valence-electron chi connectivity index (χ2n) is 16.8. The van der Waals surface area contributed by atoms with Crippen molar-refractivity contribution in [2.75, 3.05) is 26.4 Å². The first-order valence-electron chi connectivity index (χ1n) is 20.0. The van der Waals surface area contributed by atoms with Gasteiger partial charge < -0.3 is 23.8 Å². The van der Waals surface area contributed by atoms with Crippen LogP contribution < -0.4 is 14.2 Å². The first-order chi connectivity index (χ1) is 27.6. The molecule has 0 spiro atoms. The zero-order chi connectivity index (χ0) is 43.1. The van der Waals surface area contributed by atoms with Crippen molar-refractivity contribution < 1.29 is 63.9 Å². The van der Waals surface area contributed by atoms with E-state index in [1.165, 1.54) is 4.90 Å². The molecule has 2 saturated heterocycles. The summed E-state index contributed by atoms with van der Waals surface area (Å²) in [6, 6.07) is 5.43. The number of pyridine rings is 1. The summed E-state index contributed by atoms with van der Waals surface area (Å²) in [5.41, 5.74) is -4.76. The van der Waals surface area contributed by atoms with Crippen LogP contribution in [0.4, 0.5) is 13.2 Å². The molecule has 14 nitrogen and oxygen atoms in total. The van der Waals surface area contributed by atoms with Crippen molar-refractivity contribution in [3.8, 4) is 11.6 Å². The molecule has 1 aromatic heterocycles. The molecule has 3 heterocycles. The molecule has 1 aromatic carbocycles. The van der Waals surface area contributed by atoms with Crippen molar-refractivity contribution in [1.29, 1.82) is 0 Å². The standard InChI is InChI=1S/C40H51ClF3N3O11S/c1-6-24-20-39(24,36(51)46-59(52,53)58-38(5)13-14-38)21-30(48)29-17-25(56-31-19-32(55-7-2)45-34-26(31)9-8-10-28(34)41)22-47(29)35(50)27(23-11-15-54-16-12-23)18-33(49)57-37(3,4)40(42,43)44/h8-10,19,23-25,27,29H,6-7,11-18,20-22H2,1-5H3,(H,46,51)/t24-,25-,27+,29+,39-/m1/s1. The Morgan fingerprint density at radius 3 is 2.42 bits per heavy atom. The topological polar surface area (TPSA) is 177 Å². The van der Waals surface area contributed by atoms with E-state index >= 15 is 0 Å². The number of halogens is 4. The number of fused-ring (bicyclic) bond motifs is 1. The molecule has 59 heavy (non-hydrogen) atoms. The number of likely N-dealkylation sites (tertiary alicyclic amines) is 1. The average molecular weight is 874 g/mol. The van der Waals surface area contributed by atoms with Crippen LogP contribution in [-0.4, -0.2) is 97.8 Å². The maximum atomic E-state index is 14.8. The Morgan fingerprint density at radius 2 is 1.81 bits per heavy atom. The largest absolute Gasteiger partial charge is 0.488 e. The van der Waals surface area contributed by atoms with E-state index in [1.807, 2.05) is 11.6 Å². The van der Waals surface area contributed by atoms with Gasteiger partial charge in [-0.25, -0.2) is 13.9 Å². The van der Waals surface area contributed by atoms with Crippen molar-refractivity contribution in [2.24, 2.45) is 23.2 Å². The Hall–Kier alpha value is -3.74. The van der Waals surface area contributed by atoms with E-state index in [0.29, 0.717) is 53.8 Å². The molecule has 2 aliphatic heterocycles. The molecular weight excluding hydrogens is 823 g/mol. The molecule has 19 heteroatoms. The second-order valence-corrected chi connectivity index (χ2v) is 18.5. The van der Waals surface area contributed by atoms with Crippen LogP contribution in [-0.2, 0) is 43.1 Å². The summed E-state index contributed by atoms with van der Waals surface area (Å²) in [4.78, 5) is 62.2. The fraction of sp³-hybridized carbons (Fsp3) is 0.675. The minimum atomic E-state index is -4.88. The molecule has 4 fully saturated rings. The molecule has 1 N–H and O–H groups in total. The lowest BCUT2D eigenvalue weighted by Crippen LogP contribution is -2.49. The number of nitrogens with zero attached hydrogens (tertiary/aromatic N) is 2. The van der Waals surface area contributed by atoms with Gasteiger partial charge in [-0.15, -0.1) is 0 Å². The van der Waals surface area contributed by atoms with Crippen LogP contribution in [0.1, 0.15) is 92.4 Å². The molecule has 6 rings (SSSR count). The third kappa shape index (κ3) is 10.1. The summed E-state index contributed by atoms with van der Waals surface area (Å²) in [5, 5.41) is 0.841. The molecule has 2 aromatic rings. The van der Waals surface area contributed by atoms with Gasteiger partial charge in [0.05, 0.1) is 53.1 Å². The van der Waals surface area contributed by atoms with E-state index in [9.17, 15) is 40.8 Å². The minimum Gasteiger partial charge on any atom is -0.488 e. The van der Waals surface area contributed by atoms with Gasteiger partial charge in [0.25, 0.3) is 0 Å². The fourth-order valence-electron chi connectivity index (χ4n) is 8.12. The van der Waals surface area contributed by atoms with Crippen LogP contribution in [0.2, 0.25) is 5.02 Å². The van der Waals surface area contributed by atoms with Crippen molar-refractivity contribution in [3.05, 3.63) is 29.3 Å². The lowest BCUT2D eigenvalue weighted by atomic mass is 9.82. The van der Waals surface area contributed by atoms with Gasteiger partial charge in [0.1, 0.15) is 11.9 Å². The Kier molecular flexibility index (Phi) is 12.9. The molecule has 5 atom stereocenters. The van der Waals surface area contributed by atoms with Gasteiger partial charge in [-0.1, -0.05) is 31.0 Å². The number of carbonyl (C=O) groups excluding carboxylic acids is 4. The summed E-state index contributed by atoms with van der Waals surface area (Å²) < 4.78 is 96.8. The van der Waals surface area contributed by atoms with Crippen LogP contribution in [0.25, 0.3) is 10.9 Å². The van der Waals surface area contributed by atoms with E-state index in [2.05, 4.69) is 4.98 Å². The van der Waals surface area contributed by atoms with Crippen molar-refractivity contribution in [3.63, 3.8) is 0 Å². The number of benzene rings is 1. The number of ether oxygens (including phenoxy) is 4. The van der Waals surface area contributed by atoms with E-state index in [1.54, 1.807) is 38.1 Å². The number of aromatic nitrogens is 1. The van der Waals surface area contributed by atoms with E-state index in [4.69, 9.17) is 34.7 Å². The van der Waals surface area contributed by atoms with Crippen molar-refractivity contribution in [2.45, 2.75) is 122 Å². The van der Waals surface area contributed by atoms with Gasteiger partial charge in [0.2, 0.25) is 23.3 Å². The number of Topliss-reactive ketones (excluding diaryl/α,β-unsaturated/α-hetero) is 1. The molecule has 2 saturated carbocycles. The fourth-order valence-corrected chi connectivity index (χ4v) is 9.51. The molecule has 0 radical (unpaired) electrons. The predicted octanol–water partition coefficient (Wildman–Crippen LogP) is 6.26. The summed E-state index contributed by atoms with van der Waals surface area (Å²) in [5.74, 6) is -4.87. The lowest BCUT2D eigenvalue weighted by molar-refractivity contribution is -0.257. The Bertz CT molecular complexity index is 2060. The zero-order valence-corrected chi connectivity index (χ0v) is 35.3. The second kappa shape index (κ2) is 17.0. The van der Waals surface area contributed by atoms with Crippen LogP contribution in [0.3, 0.4) is 0 Å². The number of para-hydroxylation sites is 1. The molecule has 0 bridgehead atoms. The van der Waals surface area contributed by atoms with Crippen molar-refractivity contribution >= 4 is 56.4 Å². The van der Waals surface area contributed by atoms with Gasteiger partial charge in [0.15, 0.2) is 5.78 Å². The Balaban J connectivity index is 1.32. The highest BCUT2D eigenvalue weighted by Gasteiger charge is 2.62. The number of hydrogen-bond acceptors (Lipinski definition) is 12. The Morgan fingerprint density at radius 1 is 1.12 bits per heavy atom. The number of esters is 1. The maximum Gasteiger partial charge on any atom is 0.427 e. The highest BCUT2D eigenvalue weighted by atomic mass is 35.5. The van der Waals surface area contributed by atoms with E-state index < -0.39 is 93.5 Å². The van der Waals surface area contributed by atoms with Crippen LogP contribution in [0, 0.1) is 23.2 Å². The van der Waals surface area contributed by atoms with Crippen molar-refractivity contribution in [1.82, 2.24) is 14.6 Å². The maximum absolute atomic E-state index is 14.8. The summed E-state index contributed by atoms with van der Waals surface area (Å²) in [6.07, 6.45) is -4.61. The number of amides is 2. The number of nitrogens with one attached hydrogen (secondary N) is 1. The zero-order valence-electron chi connectivity index (χ0n) is 33.7. The number of alkyl halides is 3. The van der Waals surface area contributed by atoms with Gasteiger partial charge in [0, 0.05) is 37.5 Å². The smallest absolute Gasteiger partial charge is 0.427 e. The van der Waals surface area contributed by atoms with Gasteiger partial charge in [-0.2, -0.15) is 21.6 Å². The minimum absolute atomic E-state index is 0.0702. The van der Waals surface area contributed by atoms with Gasteiger partial charge >= 0.3 is 22.4 Å². The SMILES string of the molecule is CCOc1cc(O[C@@H]2C[C@@H](C(=O)C[C@]3(C(=O)NS(=O)(=O)OC4(C)CC4)C[C@H]3CC)N(C(=O)[C@@H](CC(=O)OC(C)(C)C(F)(F)F)C3CCOCC3)C2)c2cccc(Cl)c2n1. The van der Waals surface area contributed by atoms with Crippen LogP contribution >= 0.6 is 11.6 Å². The molecule has 326 valence electrons. The molecule has 2 aliphatic carbocycles. The molecule has 0 unspecified atom stereocenters. The number of carbonyl (C=O) groups is 4. The first-order valence-corrected chi connectivity index (χ1v) is 21.8. The third-order valence-corrected chi connectivity index (χ3v) is 13.3. The number of ketones is 1. The lowest BCUT2D eigenvalue weighted by Gasteiger charge is -2.35. The van der Waals surface area contributed by atoms with E-state index in [0.717, 1.165) is 13.8 Å². The molecular formula is C40H51ClF3N3O11S. The predicted molar refractivity (Wildman–Crippen MR) is 207 cm³/mol. The summed E-state index contributed by atoms with van der Waals surface area (Å²) in [6.45, 7) is 7.23. The summed E-state index contributed by atoms with van der Waals surface area (Å²) in [7, 11) is -4.50. The van der Waals surface area contributed by atoms with Crippen LogP contribution in [0.15, 0.2) is 24.3 Å². The normalized spacial score (nSPS) is 25.0. The highest BCUT2D eigenvalue weighted by Crippen LogP contribution is 2.58. The van der Waals surface area contributed by atoms with E-state index in [-0.39, 0.29) is 51.0 Å². The molecule has 2 amide bonds. The number of rotatable bonds is 17. The van der Waals surface area contributed by atoms with Gasteiger partial charge in [-0.3, -0.25) is 19.2 Å². The quantitative estimate of drug-likeness (QED) is 0.177. The summed E-state index contributed by atoms with van der Waals surface area (Å²) >= 11 is 6.50. The third-order valence-electron chi connectivity index (χ3n) is 12.0. The monoisotopic (exact) mass is 873 g/mol. The first kappa shape index (κ1) is 44.8. The Labute approximate surface area is 346 Å². The van der Waals surface area contributed by atoms with Gasteiger partial charge in [-0.05, 0) is 83.8 Å². The highest BCUT2D eigenvalue weighted by molar-refractivity contribution is 7.85.